The van der Waals surface area contributed by atoms with E-state index in [1.165, 1.54) is 10.9 Å². The minimum atomic E-state index is -3.83. The molecule has 2 N–H and O–H groups in total. The Balaban J connectivity index is 1.48. The van der Waals surface area contributed by atoms with E-state index in [4.69, 9.17) is 14.6 Å². The van der Waals surface area contributed by atoms with Crippen molar-refractivity contribution in [1.82, 2.24) is 14.6 Å². The average molecular weight is 392 g/mol. The summed E-state index contributed by atoms with van der Waals surface area (Å²) in [5.41, 5.74) is 1.54. The van der Waals surface area contributed by atoms with Crippen molar-refractivity contribution in [2.45, 2.75) is 42.2 Å². The highest BCUT2D eigenvalue weighted by molar-refractivity contribution is 7.91. The maximum absolute atomic E-state index is 11.4. The summed E-state index contributed by atoms with van der Waals surface area (Å²) < 4.78 is 36.3. The number of ether oxygens (including phenoxy) is 2. The first-order chi connectivity index (χ1) is 12.4. The molecule has 5 rings (SSSR count). The zero-order valence-electron chi connectivity index (χ0n) is 13.7. The van der Waals surface area contributed by atoms with Gasteiger partial charge in [-0.2, -0.15) is 0 Å². The molecule has 26 heavy (non-hydrogen) atoms. The van der Waals surface area contributed by atoms with Crippen molar-refractivity contribution in [3.63, 3.8) is 0 Å². The van der Waals surface area contributed by atoms with Gasteiger partial charge in [0, 0.05) is 18.4 Å². The van der Waals surface area contributed by atoms with E-state index in [9.17, 15) is 8.42 Å². The van der Waals surface area contributed by atoms with Crippen molar-refractivity contribution < 1.29 is 17.9 Å². The van der Waals surface area contributed by atoms with Crippen molar-refractivity contribution in [3.05, 3.63) is 24.4 Å². The van der Waals surface area contributed by atoms with Crippen molar-refractivity contribution >= 4 is 26.3 Å². The lowest BCUT2D eigenvalue weighted by atomic mass is 9.94. The van der Waals surface area contributed by atoms with E-state index in [0.717, 1.165) is 54.1 Å². The molecule has 0 bridgehead atoms. The largest absolute Gasteiger partial charge is 0.448 e. The molecule has 3 aromatic rings. The molecule has 2 aromatic heterocycles. The van der Waals surface area contributed by atoms with Crippen LogP contribution in [0.1, 0.15) is 32.1 Å². The molecule has 1 saturated carbocycles. The van der Waals surface area contributed by atoms with Crippen LogP contribution in [0, 0.1) is 0 Å². The molecule has 1 aromatic carbocycles. The SMILES string of the molecule is NS(=O)(=O)c1nn2cc(-c3ccc4c(c3)OC3(CCCCC3)O4)nc2s1. The fourth-order valence-corrected chi connectivity index (χ4v) is 4.99. The number of rotatable bonds is 2. The number of primary sulfonamides is 1. The van der Waals surface area contributed by atoms with E-state index in [-0.39, 0.29) is 4.34 Å². The summed E-state index contributed by atoms with van der Waals surface area (Å²) in [5, 5.41) is 9.08. The third-order valence-electron chi connectivity index (χ3n) is 4.71. The van der Waals surface area contributed by atoms with Crippen molar-refractivity contribution in [3.8, 4) is 22.8 Å². The molecule has 2 aliphatic rings. The Bertz CT molecular complexity index is 1080. The van der Waals surface area contributed by atoms with E-state index in [2.05, 4.69) is 10.1 Å². The molecule has 0 atom stereocenters. The summed E-state index contributed by atoms with van der Waals surface area (Å²) in [6.45, 7) is 0. The average Bonchev–Trinajstić information content (AvgIpc) is 3.24. The molecule has 8 nitrogen and oxygen atoms in total. The van der Waals surface area contributed by atoms with Crippen molar-refractivity contribution in [2.24, 2.45) is 5.14 Å². The second-order valence-corrected chi connectivity index (χ2v) is 9.29. The van der Waals surface area contributed by atoms with Crippen LogP contribution in [0.5, 0.6) is 11.5 Å². The highest BCUT2D eigenvalue weighted by atomic mass is 32.2. The van der Waals surface area contributed by atoms with Crippen LogP contribution in [-0.2, 0) is 10.0 Å². The predicted molar refractivity (Wildman–Crippen MR) is 94.7 cm³/mol. The molecule has 1 spiro atoms. The van der Waals surface area contributed by atoms with Gasteiger partial charge in [-0.15, -0.1) is 5.10 Å². The molecule has 136 valence electrons. The molecule has 10 heteroatoms. The Kier molecular flexibility index (Phi) is 3.34. The Morgan fingerprint density at radius 3 is 2.65 bits per heavy atom. The lowest BCUT2D eigenvalue weighted by molar-refractivity contribution is -0.105. The van der Waals surface area contributed by atoms with E-state index in [1.807, 2.05) is 18.2 Å². The fraction of sp³-hybridized carbons (Fsp3) is 0.375. The molecule has 1 aliphatic carbocycles. The first kappa shape index (κ1) is 16.0. The summed E-state index contributed by atoms with van der Waals surface area (Å²) in [7, 11) is -3.83. The first-order valence-electron chi connectivity index (χ1n) is 8.33. The quantitative estimate of drug-likeness (QED) is 0.718. The molecular formula is C16H16N4O4S2. The molecule has 0 amide bonds. The fourth-order valence-electron chi connectivity index (χ4n) is 3.48. The summed E-state index contributed by atoms with van der Waals surface area (Å²) in [5.74, 6) is 0.963. The van der Waals surface area contributed by atoms with E-state index >= 15 is 0 Å². The number of nitrogens with two attached hydrogens (primary N) is 1. The van der Waals surface area contributed by atoms with Crippen LogP contribution in [0.2, 0.25) is 0 Å². The summed E-state index contributed by atoms with van der Waals surface area (Å²) in [6, 6.07) is 5.72. The Labute approximate surface area is 153 Å². The van der Waals surface area contributed by atoms with Gasteiger partial charge in [0.25, 0.3) is 15.8 Å². The summed E-state index contributed by atoms with van der Waals surface area (Å²) in [6.07, 6.45) is 6.91. The van der Waals surface area contributed by atoms with Gasteiger partial charge < -0.3 is 9.47 Å². The zero-order valence-corrected chi connectivity index (χ0v) is 15.3. The second-order valence-electron chi connectivity index (χ2n) is 6.60. The third-order valence-corrected chi connectivity index (χ3v) is 6.95. The number of aromatic nitrogens is 3. The van der Waals surface area contributed by atoms with Crippen molar-refractivity contribution in [2.75, 3.05) is 0 Å². The van der Waals surface area contributed by atoms with Gasteiger partial charge in [-0.3, -0.25) is 0 Å². The molecule has 1 aliphatic heterocycles. The third kappa shape index (κ3) is 2.56. The number of fused-ring (bicyclic) bond motifs is 2. The van der Waals surface area contributed by atoms with Crippen LogP contribution < -0.4 is 14.6 Å². The minimum Gasteiger partial charge on any atom is -0.448 e. The molecule has 0 radical (unpaired) electrons. The molecule has 0 unspecified atom stereocenters. The highest BCUT2D eigenvalue weighted by Gasteiger charge is 2.42. The maximum atomic E-state index is 11.4. The van der Waals surface area contributed by atoms with Gasteiger partial charge >= 0.3 is 0 Å². The van der Waals surface area contributed by atoms with Gasteiger partial charge in [-0.25, -0.2) is 23.1 Å². The van der Waals surface area contributed by atoms with Crippen LogP contribution in [0.4, 0.5) is 0 Å². The highest BCUT2D eigenvalue weighted by Crippen LogP contribution is 2.46. The number of nitrogens with zero attached hydrogens (tertiary/aromatic N) is 3. The number of hydrogen-bond donors (Lipinski definition) is 1. The number of sulfonamides is 1. The molecule has 1 fully saturated rings. The lowest BCUT2D eigenvalue weighted by Crippen LogP contribution is -2.40. The maximum Gasteiger partial charge on any atom is 0.267 e. The van der Waals surface area contributed by atoms with Crippen LogP contribution in [0.25, 0.3) is 16.2 Å². The molecular weight excluding hydrogens is 376 g/mol. The van der Waals surface area contributed by atoms with Gasteiger partial charge in [0.1, 0.15) is 0 Å². The lowest BCUT2D eigenvalue weighted by Gasteiger charge is -2.31. The first-order valence-corrected chi connectivity index (χ1v) is 10.7. The smallest absolute Gasteiger partial charge is 0.267 e. The van der Waals surface area contributed by atoms with E-state index < -0.39 is 15.8 Å². The second kappa shape index (κ2) is 5.41. The van der Waals surface area contributed by atoms with Gasteiger partial charge in [0.15, 0.2) is 11.5 Å². The van der Waals surface area contributed by atoms with E-state index in [0.29, 0.717) is 10.7 Å². The molecule has 0 saturated heterocycles. The number of hydrogen-bond acceptors (Lipinski definition) is 7. The van der Waals surface area contributed by atoms with E-state index in [1.54, 1.807) is 6.20 Å². The van der Waals surface area contributed by atoms with Gasteiger partial charge in [-0.1, -0.05) is 17.8 Å². The monoisotopic (exact) mass is 392 g/mol. The van der Waals surface area contributed by atoms with Crippen LogP contribution in [0.3, 0.4) is 0 Å². The zero-order chi connectivity index (χ0) is 17.9. The Hall–Kier alpha value is -2.17. The van der Waals surface area contributed by atoms with Gasteiger partial charge in [0.05, 0.1) is 11.9 Å². The van der Waals surface area contributed by atoms with Gasteiger partial charge in [-0.05, 0) is 31.0 Å². The molecule has 3 heterocycles. The van der Waals surface area contributed by atoms with Gasteiger partial charge in [0.2, 0.25) is 9.30 Å². The predicted octanol–water partition coefficient (Wildman–Crippen LogP) is 2.54. The summed E-state index contributed by atoms with van der Waals surface area (Å²) in [4.78, 5) is 4.91. The Morgan fingerprint density at radius 1 is 1.15 bits per heavy atom. The summed E-state index contributed by atoms with van der Waals surface area (Å²) >= 11 is 0.935. The normalized spacial score (nSPS) is 18.7. The standard InChI is InChI=1S/C16H16N4O4S2/c17-26(21,22)15-19-20-9-11(18-14(20)25-15)10-4-5-12-13(8-10)24-16(23-12)6-2-1-3-7-16/h4-5,8-9H,1-3,6-7H2,(H2,17,21,22). The minimum absolute atomic E-state index is 0.156. The van der Waals surface area contributed by atoms with Crippen LogP contribution in [0.15, 0.2) is 28.7 Å². The number of imidazole rings is 1. The number of benzene rings is 1. The Morgan fingerprint density at radius 2 is 1.92 bits per heavy atom. The topological polar surface area (TPSA) is 109 Å². The van der Waals surface area contributed by atoms with Crippen LogP contribution in [-0.4, -0.2) is 28.8 Å². The van der Waals surface area contributed by atoms with Crippen LogP contribution >= 0.6 is 11.3 Å². The van der Waals surface area contributed by atoms with Crippen molar-refractivity contribution in [1.29, 1.82) is 0 Å².